The lowest BCUT2D eigenvalue weighted by Gasteiger charge is -2.09. The van der Waals surface area contributed by atoms with Gasteiger partial charge in [0.05, 0.1) is 11.6 Å². The standard InChI is InChI=1S/C9H12BrO2P/c1-12-9-6-7(13(2,3)11)4-5-8(9)10/h4-6H,1-3H3. The van der Waals surface area contributed by atoms with Gasteiger partial charge in [-0.2, -0.15) is 0 Å². The van der Waals surface area contributed by atoms with Crippen LogP contribution in [0.3, 0.4) is 0 Å². The molecule has 1 rings (SSSR count). The molecule has 2 nitrogen and oxygen atoms in total. The molecule has 1 aromatic carbocycles. The van der Waals surface area contributed by atoms with Crippen LogP contribution >= 0.6 is 23.1 Å². The maximum atomic E-state index is 11.7. The highest BCUT2D eigenvalue weighted by atomic mass is 79.9. The zero-order valence-electron chi connectivity index (χ0n) is 7.87. The summed E-state index contributed by atoms with van der Waals surface area (Å²) in [6, 6.07) is 5.52. The minimum Gasteiger partial charge on any atom is -0.496 e. The van der Waals surface area contributed by atoms with E-state index in [2.05, 4.69) is 15.9 Å². The Morgan fingerprint density at radius 1 is 1.38 bits per heavy atom. The molecule has 0 fully saturated rings. The number of benzene rings is 1. The fourth-order valence-electron chi connectivity index (χ4n) is 0.983. The smallest absolute Gasteiger partial charge is 0.133 e. The quantitative estimate of drug-likeness (QED) is 0.767. The molecule has 72 valence electrons. The van der Waals surface area contributed by atoms with Crippen molar-refractivity contribution in [3.8, 4) is 5.75 Å². The average molecular weight is 263 g/mol. The predicted octanol–water partition coefficient (Wildman–Crippen LogP) is 2.71. The van der Waals surface area contributed by atoms with Crippen molar-refractivity contribution in [1.82, 2.24) is 0 Å². The van der Waals surface area contributed by atoms with Gasteiger partial charge < -0.3 is 9.30 Å². The third kappa shape index (κ3) is 2.58. The first-order valence-corrected chi connectivity index (χ1v) is 7.23. The van der Waals surface area contributed by atoms with E-state index in [1.54, 1.807) is 20.4 Å². The highest BCUT2D eigenvalue weighted by molar-refractivity contribution is 9.10. The number of hydrogen-bond acceptors (Lipinski definition) is 2. The zero-order chi connectivity index (χ0) is 10.1. The predicted molar refractivity (Wildman–Crippen MR) is 59.8 cm³/mol. The summed E-state index contributed by atoms with van der Waals surface area (Å²) < 4.78 is 17.7. The van der Waals surface area contributed by atoms with E-state index < -0.39 is 7.14 Å². The van der Waals surface area contributed by atoms with Crippen LogP contribution in [0.4, 0.5) is 0 Å². The molecule has 0 heterocycles. The third-order valence-corrected chi connectivity index (χ3v) is 3.93. The second-order valence-electron chi connectivity index (χ2n) is 3.17. The Hall–Kier alpha value is -0.270. The second-order valence-corrected chi connectivity index (χ2v) is 7.24. The normalized spacial score (nSPS) is 11.4. The van der Waals surface area contributed by atoms with Crippen LogP contribution < -0.4 is 10.0 Å². The summed E-state index contributed by atoms with van der Waals surface area (Å²) >= 11 is 3.34. The molecule has 0 saturated carbocycles. The van der Waals surface area contributed by atoms with Gasteiger partial charge in [0, 0.05) is 5.30 Å². The van der Waals surface area contributed by atoms with Crippen LogP contribution in [0.2, 0.25) is 0 Å². The van der Waals surface area contributed by atoms with E-state index >= 15 is 0 Å². The lowest BCUT2D eigenvalue weighted by atomic mass is 10.3. The topological polar surface area (TPSA) is 26.3 Å². The fourth-order valence-corrected chi connectivity index (χ4v) is 2.25. The maximum Gasteiger partial charge on any atom is 0.133 e. The minimum absolute atomic E-state index is 0.724. The van der Waals surface area contributed by atoms with Gasteiger partial charge in [0.15, 0.2) is 0 Å². The molecule has 1 aromatic rings. The number of rotatable bonds is 2. The van der Waals surface area contributed by atoms with Gasteiger partial charge in [-0.05, 0) is 41.4 Å². The van der Waals surface area contributed by atoms with Gasteiger partial charge in [-0.25, -0.2) is 0 Å². The summed E-state index contributed by atoms with van der Waals surface area (Å²) in [5, 5.41) is 0.840. The van der Waals surface area contributed by atoms with Crippen LogP contribution in [0.5, 0.6) is 5.75 Å². The number of ether oxygens (including phenoxy) is 1. The monoisotopic (exact) mass is 262 g/mol. The first-order chi connectivity index (χ1) is 5.95. The first kappa shape index (κ1) is 10.8. The molecule has 0 bridgehead atoms. The Kier molecular flexibility index (Phi) is 3.20. The number of halogens is 1. The van der Waals surface area contributed by atoms with Crippen molar-refractivity contribution >= 4 is 28.4 Å². The van der Waals surface area contributed by atoms with Crippen LogP contribution in [-0.2, 0) is 4.57 Å². The van der Waals surface area contributed by atoms with Gasteiger partial charge in [-0.1, -0.05) is 6.07 Å². The molecular weight excluding hydrogens is 251 g/mol. The molecule has 13 heavy (non-hydrogen) atoms. The van der Waals surface area contributed by atoms with Crippen molar-refractivity contribution < 1.29 is 9.30 Å². The Morgan fingerprint density at radius 3 is 2.46 bits per heavy atom. The minimum atomic E-state index is -2.18. The Balaban J connectivity index is 3.22. The summed E-state index contributed by atoms with van der Waals surface area (Å²) in [6.07, 6.45) is 0. The van der Waals surface area contributed by atoms with E-state index in [0.29, 0.717) is 0 Å². The van der Waals surface area contributed by atoms with Gasteiger partial charge in [0.1, 0.15) is 12.9 Å². The Bertz CT molecular complexity index is 357. The zero-order valence-corrected chi connectivity index (χ0v) is 10.4. The van der Waals surface area contributed by atoms with E-state index in [0.717, 1.165) is 15.5 Å². The highest BCUT2D eigenvalue weighted by Crippen LogP contribution is 2.37. The number of hydrogen-bond donors (Lipinski definition) is 0. The van der Waals surface area contributed by atoms with Crippen LogP contribution in [0.25, 0.3) is 0 Å². The SMILES string of the molecule is COc1cc(P(C)(C)=O)ccc1Br. The van der Waals surface area contributed by atoms with Gasteiger partial charge in [0.25, 0.3) is 0 Å². The molecule has 0 saturated heterocycles. The van der Waals surface area contributed by atoms with Crippen molar-refractivity contribution in [2.24, 2.45) is 0 Å². The summed E-state index contributed by atoms with van der Waals surface area (Å²) in [5.41, 5.74) is 0. The second kappa shape index (κ2) is 3.85. The third-order valence-electron chi connectivity index (χ3n) is 1.76. The van der Waals surface area contributed by atoms with E-state index in [1.165, 1.54) is 0 Å². The Morgan fingerprint density at radius 2 is 2.00 bits per heavy atom. The summed E-state index contributed by atoms with van der Waals surface area (Å²) in [6.45, 7) is 3.49. The molecule has 0 unspecified atom stereocenters. The molecule has 0 aliphatic carbocycles. The van der Waals surface area contributed by atoms with Crippen LogP contribution in [0, 0.1) is 0 Å². The summed E-state index contributed by atoms with van der Waals surface area (Å²) in [5.74, 6) is 0.724. The first-order valence-electron chi connectivity index (χ1n) is 3.84. The molecule has 4 heteroatoms. The van der Waals surface area contributed by atoms with Crippen LogP contribution in [0.15, 0.2) is 22.7 Å². The highest BCUT2D eigenvalue weighted by Gasteiger charge is 2.12. The average Bonchev–Trinajstić information content (AvgIpc) is 2.03. The van der Waals surface area contributed by atoms with Crippen LogP contribution in [-0.4, -0.2) is 20.4 Å². The van der Waals surface area contributed by atoms with Crippen molar-refractivity contribution in [2.75, 3.05) is 20.4 Å². The number of methoxy groups -OCH3 is 1. The van der Waals surface area contributed by atoms with Crippen molar-refractivity contribution in [3.05, 3.63) is 22.7 Å². The maximum absolute atomic E-state index is 11.7. The van der Waals surface area contributed by atoms with Gasteiger partial charge in [-0.15, -0.1) is 0 Å². The fraction of sp³-hybridized carbons (Fsp3) is 0.333. The lowest BCUT2D eigenvalue weighted by Crippen LogP contribution is -2.03. The molecule has 0 N–H and O–H groups in total. The molecule has 0 aliphatic rings. The lowest BCUT2D eigenvalue weighted by molar-refractivity contribution is 0.412. The molecule has 0 spiro atoms. The largest absolute Gasteiger partial charge is 0.496 e. The molecule has 0 amide bonds. The Labute approximate surface area is 86.8 Å². The van der Waals surface area contributed by atoms with E-state index in [1.807, 2.05) is 18.2 Å². The molecule has 0 atom stereocenters. The molecule has 0 radical (unpaired) electrons. The van der Waals surface area contributed by atoms with Crippen LogP contribution in [0.1, 0.15) is 0 Å². The van der Waals surface area contributed by atoms with Gasteiger partial charge in [0.2, 0.25) is 0 Å². The van der Waals surface area contributed by atoms with Crippen molar-refractivity contribution in [1.29, 1.82) is 0 Å². The summed E-state index contributed by atoms with van der Waals surface area (Å²) in [4.78, 5) is 0. The molecule has 0 aliphatic heterocycles. The van der Waals surface area contributed by atoms with Crippen molar-refractivity contribution in [2.45, 2.75) is 0 Å². The molecular formula is C9H12BrO2P. The van der Waals surface area contributed by atoms with Gasteiger partial charge in [-0.3, -0.25) is 0 Å². The van der Waals surface area contributed by atoms with E-state index in [4.69, 9.17) is 4.74 Å². The molecule has 0 aromatic heterocycles. The van der Waals surface area contributed by atoms with Crippen molar-refractivity contribution in [3.63, 3.8) is 0 Å². The van der Waals surface area contributed by atoms with E-state index in [9.17, 15) is 4.57 Å². The van der Waals surface area contributed by atoms with E-state index in [-0.39, 0.29) is 0 Å². The summed E-state index contributed by atoms with van der Waals surface area (Å²) in [7, 11) is -0.582. The van der Waals surface area contributed by atoms with Gasteiger partial charge >= 0.3 is 0 Å².